The zero-order valence-electron chi connectivity index (χ0n) is 10.4. The second-order valence-corrected chi connectivity index (χ2v) is 9.10. The summed E-state index contributed by atoms with van der Waals surface area (Å²) in [5.74, 6) is -2.70. The molecule has 0 aromatic heterocycles. The minimum atomic E-state index is -5.55. The van der Waals surface area contributed by atoms with E-state index in [9.17, 15) is 28.5 Å². The maximum Gasteiger partial charge on any atom is 1.00 e. The van der Waals surface area contributed by atoms with E-state index < -0.39 is 30.9 Å². The van der Waals surface area contributed by atoms with E-state index >= 15 is 0 Å². The van der Waals surface area contributed by atoms with Gasteiger partial charge in [0.05, 0.1) is 0 Å². The molecule has 0 heterocycles. The fraction of sp³-hybridized carbons (Fsp3) is 0.600. The molecule has 0 aromatic carbocycles. The van der Waals surface area contributed by atoms with Crippen LogP contribution in [0.25, 0.3) is 0 Å². The van der Waals surface area contributed by atoms with Gasteiger partial charge < -0.3 is 18.8 Å². The molecule has 2 atom stereocenters. The normalized spacial score (nSPS) is 16.7. The smallest absolute Gasteiger partial charge is 0.766 e. The van der Waals surface area contributed by atoms with Crippen LogP contribution in [0.2, 0.25) is 0 Å². The Morgan fingerprint density at radius 3 is 1.32 bits per heavy atom. The fourth-order valence-corrected chi connectivity index (χ4v) is 3.35. The van der Waals surface area contributed by atoms with Crippen LogP contribution in [0.5, 0.6) is 0 Å². The molecule has 0 amide bonds. The number of carbonyl (C=O) groups excluding carboxylic acids is 2. The molecule has 0 fully saturated rings. The van der Waals surface area contributed by atoms with Crippen molar-refractivity contribution >= 4 is 50.3 Å². The van der Waals surface area contributed by atoms with Crippen molar-refractivity contribution < 1.29 is 96.7 Å². The van der Waals surface area contributed by atoms with Crippen molar-refractivity contribution in [1.82, 2.24) is 0 Å². The molecule has 0 aliphatic carbocycles. The van der Waals surface area contributed by atoms with Crippen molar-refractivity contribution in [2.24, 2.45) is 0 Å². The third-order valence-corrected chi connectivity index (χ3v) is 7.42. The zero-order valence-corrected chi connectivity index (χ0v) is 17.7. The summed E-state index contributed by atoms with van der Waals surface area (Å²) in [6, 6.07) is 0. The minimum Gasteiger partial charge on any atom is -0.766 e. The zero-order chi connectivity index (χ0) is 14.1. The van der Waals surface area contributed by atoms with Crippen LogP contribution in [0.4, 0.5) is 0 Å². The molecule has 0 aromatic rings. The molecule has 100 valence electrons. The Labute approximate surface area is 163 Å². The Morgan fingerprint density at radius 1 is 0.947 bits per heavy atom. The number of rotatable bonds is 4. The summed E-state index contributed by atoms with van der Waals surface area (Å²) in [6.45, 7) is 1.38. The number of hydrogen-bond donors (Lipinski definition) is 0. The van der Waals surface area contributed by atoms with Gasteiger partial charge in [-0.3, -0.25) is 18.7 Å². The number of hydrogen-bond acceptors (Lipinski definition) is 8. The minimum absolute atomic E-state index is 0. The van der Waals surface area contributed by atoms with Crippen molar-refractivity contribution in [2.45, 2.75) is 17.7 Å². The third-order valence-electron chi connectivity index (χ3n) is 1.16. The molecule has 0 saturated heterocycles. The van der Waals surface area contributed by atoms with E-state index in [1.807, 2.05) is 0 Å². The molecular weight excluding hydrogens is 367 g/mol. The second-order valence-electron chi connectivity index (χ2n) is 2.67. The number of carbonyl (C=O) groups is 2. The van der Waals surface area contributed by atoms with Crippen LogP contribution in [-0.2, 0) is 27.8 Å². The molecule has 0 rings (SSSR count). The summed E-state index contributed by atoms with van der Waals surface area (Å²) in [7, 11) is -11.1. The van der Waals surface area contributed by atoms with Gasteiger partial charge >= 0.3 is 71.1 Å². The van der Waals surface area contributed by atoms with E-state index in [0.717, 1.165) is 0 Å². The Morgan fingerprint density at radius 2 is 1.16 bits per heavy atom. The van der Waals surface area contributed by atoms with Gasteiger partial charge in [0.15, 0.2) is 0 Å². The Balaban J connectivity index is -0.00000128. The van der Waals surface area contributed by atoms with Crippen molar-refractivity contribution in [3.05, 3.63) is 0 Å². The Kier molecular flexibility index (Phi) is 12.4. The van der Waals surface area contributed by atoms with Gasteiger partial charge in [-0.1, -0.05) is 23.2 Å². The topological polar surface area (TPSA) is 133 Å². The summed E-state index contributed by atoms with van der Waals surface area (Å²) >= 11 is 10.1. The fourth-order valence-electron chi connectivity index (χ4n) is 0.598. The van der Waals surface area contributed by atoms with E-state index in [1.165, 1.54) is 0 Å². The summed E-state index contributed by atoms with van der Waals surface area (Å²) in [6.07, 6.45) is 0. The van der Waals surface area contributed by atoms with Gasteiger partial charge in [0.2, 0.25) is 15.2 Å². The molecule has 8 nitrogen and oxygen atoms in total. The predicted octanol–water partition coefficient (Wildman–Crippen LogP) is -5.68. The summed E-state index contributed by atoms with van der Waals surface area (Å²) in [4.78, 5) is 43.4. The summed E-state index contributed by atoms with van der Waals surface area (Å²) in [5.41, 5.74) is 0. The molecule has 19 heavy (non-hydrogen) atoms. The van der Waals surface area contributed by atoms with E-state index in [4.69, 9.17) is 23.2 Å². The first-order valence-electron chi connectivity index (χ1n) is 3.74. The largest absolute Gasteiger partial charge is 1.00 e. The van der Waals surface area contributed by atoms with Gasteiger partial charge in [-0.25, -0.2) is 0 Å². The molecule has 0 aliphatic rings. The SMILES string of the molecule is CC(=O)OP(=O)([O-])C(Cl)(Cl)P(=O)([O-])OC(C)=O.[Na+].[Na+]. The molecule has 0 saturated carbocycles. The van der Waals surface area contributed by atoms with Crippen molar-refractivity contribution in [3.8, 4) is 0 Å². The van der Waals surface area contributed by atoms with Gasteiger partial charge in [-0.15, -0.1) is 0 Å². The first-order chi connectivity index (χ1) is 7.33. The van der Waals surface area contributed by atoms with Crippen LogP contribution < -0.4 is 68.9 Å². The molecule has 0 radical (unpaired) electrons. The molecule has 0 aliphatic heterocycles. The van der Waals surface area contributed by atoms with Gasteiger partial charge in [0.25, 0.3) is 3.82 Å². The molecule has 2 unspecified atom stereocenters. The number of halogens is 2. The van der Waals surface area contributed by atoms with E-state index in [1.54, 1.807) is 0 Å². The quantitative estimate of drug-likeness (QED) is 0.271. The maximum absolute atomic E-state index is 11.2. The Bertz CT molecular complexity index is 403. The Hall–Kier alpha value is 1.90. The average molecular weight is 373 g/mol. The van der Waals surface area contributed by atoms with Gasteiger partial charge in [-0.2, -0.15) is 0 Å². The molecule has 14 heteroatoms. The standard InChI is InChI=1S/C5H8Cl2O8P2.2Na/c1-3(8)14-16(10,11)5(6,7)17(12,13)15-4(2)9;;/h1-2H3,(H,10,11)(H,12,13);;/q;2*+1/p-2. The summed E-state index contributed by atoms with van der Waals surface area (Å²) in [5, 5.41) is 0. The van der Waals surface area contributed by atoms with Crippen molar-refractivity contribution in [3.63, 3.8) is 0 Å². The molecule has 0 spiro atoms. The van der Waals surface area contributed by atoms with Crippen LogP contribution in [-0.4, -0.2) is 15.8 Å². The maximum atomic E-state index is 11.2. The van der Waals surface area contributed by atoms with Gasteiger partial charge in [0, 0.05) is 13.8 Å². The first-order valence-corrected chi connectivity index (χ1v) is 7.58. The van der Waals surface area contributed by atoms with Crippen molar-refractivity contribution in [2.75, 3.05) is 0 Å². The van der Waals surface area contributed by atoms with Crippen LogP contribution in [0, 0.1) is 0 Å². The van der Waals surface area contributed by atoms with E-state index in [2.05, 4.69) is 9.05 Å². The molecular formula is C5H6Cl2Na2O8P2. The van der Waals surface area contributed by atoms with Crippen LogP contribution >= 0.6 is 38.4 Å². The van der Waals surface area contributed by atoms with Gasteiger partial charge in [-0.05, 0) is 0 Å². The predicted molar refractivity (Wildman–Crippen MR) is 53.2 cm³/mol. The van der Waals surface area contributed by atoms with E-state index in [-0.39, 0.29) is 59.1 Å². The summed E-state index contributed by atoms with van der Waals surface area (Å²) < 4.78 is 26.3. The third kappa shape index (κ3) is 7.13. The van der Waals surface area contributed by atoms with Crippen LogP contribution in [0.15, 0.2) is 0 Å². The van der Waals surface area contributed by atoms with Crippen LogP contribution in [0.1, 0.15) is 13.8 Å². The molecule has 0 bridgehead atoms. The molecule has 0 N–H and O–H groups in total. The van der Waals surface area contributed by atoms with E-state index in [0.29, 0.717) is 13.8 Å². The average Bonchev–Trinajstić information content (AvgIpc) is 1.97. The van der Waals surface area contributed by atoms with Crippen LogP contribution in [0.3, 0.4) is 0 Å². The van der Waals surface area contributed by atoms with Gasteiger partial charge in [0.1, 0.15) is 0 Å². The number of alkyl halides is 2. The first kappa shape index (κ1) is 25.8. The second kappa shape index (κ2) is 9.13. The monoisotopic (exact) mass is 372 g/mol. The van der Waals surface area contributed by atoms with Crippen molar-refractivity contribution in [1.29, 1.82) is 0 Å².